The van der Waals surface area contributed by atoms with Crippen LogP contribution in [0.15, 0.2) is 0 Å². The predicted molar refractivity (Wildman–Crippen MR) is 63.8 cm³/mol. The fourth-order valence-electron chi connectivity index (χ4n) is 1.18. The van der Waals surface area contributed by atoms with E-state index in [-0.39, 0.29) is 18.5 Å². The Morgan fingerprint density at radius 2 is 2.20 bits per heavy atom. The van der Waals surface area contributed by atoms with Gasteiger partial charge >= 0.3 is 0 Å². The van der Waals surface area contributed by atoms with Gasteiger partial charge in [0.15, 0.2) is 0 Å². The molecule has 1 unspecified atom stereocenters. The lowest BCUT2D eigenvalue weighted by atomic mass is 10.3. The smallest absolute Gasteiger partial charge is 0.234 e. The second kappa shape index (κ2) is 7.56. The molecule has 1 atom stereocenters. The van der Waals surface area contributed by atoms with Gasteiger partial charge < -0.3 is 15.8 Å². The molecule has 15 heavy (non-hydrogen) atoms. The van der Waals surface area contributed by atoms with E-state index >= 15 is 0 Å². The van der Waals surface area contributed by atoms with Gasteiger partial charge in [0.05, 0.1) is 18.1 Å². The first-order valence-corrected chi connectivity index (χ1v) is 5.11. The number of hydrogen-bond acceptors (Lipinski definition) is 4. The fourth-order valence-corrected chi connectivity index (χ4v) is 1.40. The molecule has 5 nitrogen and oxygen atoms in total. The number of likely N-dealkylation sites (N-methyl/N-ethyl adjacent to an activating group) is 1. The summed E-state index contributed by atoms with van der Waals surface area (Å²) in [5.74, 6) is -0.0571. The van der Waals surface area contributed by atoms with Gasteiger partial charge in [-0.2, -0.15) is 0 Å². The number of carbonyl (C=O) groups is 1. The van der Waals surface area contributed by atoms with Crippen LogP contribution in [0.5, 0.6) is 0 Å². The third kappa shape index (κ3) is 8.29. The SMILES string of the molecule is COCC(C)NC(=O)CN(C)CC(N)=S. The monoisotopic (exact) mass is 233 g/mol. The molecule has 0 aromatic rings. The van der Waals surface area contributed by atoms with Crippen LogP contribution in [0.4, 0.5) is 0 Å². The summed E-state index contributed by atoms with van der Waals surface area (Å²) in [7, 11) is 3.39. The molecule has 0 spiro atoms. The van der Waals surface area contributed by atoms with Crippen LogP contribution in [0.1, 0.15) is 6.92 Å². The molecule has 0 rings (SSSR count). The molecule has 1 amide bonds. The van der Waals surface area contributed by atoms with Crippen LogP contribution in [0.2, 0.25) is 0 Å². The lowest BCUT2D eigenvalue weighted by Gasteiger charge is -2.17. The van der Waals surface area contributed by atoms with E-state index in [1.165, 1.54) is 0 Å². The molecule has 0 radical (unpaired) electrons. The maximum absolute atomic E-state index is 11.4. The number of rotatable bonds is 7. The van der Waals surface area contributed by atoms with Crippen LogP contribution < -0.4 is 11.1 Å². The van der Waals surface area contributed by atoms with Gasteiger partial charge in [-0.3, -0.25) is 9.69 Å². The summed E-state index contributed by atoms with van der Waals surface area (Å²) in [6.07, 6.45) is 0. The van der Waals surface area contributed by atoms with E-state index in [2.05, 4.69) is 5.32 Å². The highest BCUT2D eigenvalue weighted by Crippen LogP contribution is 1.86. The summed E-state index contributed by atoms with van der Waals surface area (Å²) >= 11 is 4.74. The van der Waals surface area contributed by atoms with Crippen molar-refractivity contribution in [2.45, 2.75) is 13.0 Å². The molecule has 0 saturated carbocycles. The van der Waals surface area contributed by atoms with Crippen molar-refractivity contribution in [2.24, 2.45) is 5.73 Å². The molecular formula is C9H19N3O2S. The Bertz CT molecular complexity index is 223. The number of ether oxygens (including phenoxy) is 1. The summed E-state index contributed by atoms with van der Waals surface area (Å²) in [5.41, 5.74) is 5.36. The van der Waals surface area contributed by atoms with Crippen molar-refractivity contribution >= 4 is 23.1 Å². The van der Waals surface area contributed by atoms with E-state index in [9.17, 15) is 4.79 Å². The fraction of sp³-hybridized carbons (Fsp3) is 0.778. The van der Waals surface area contributed by atoms with Crippen LogP contribution >= 0.6 is 12.2 Å². The Kier molecular flexibility index (Phi) is 7.19. The zero-order valence-electron chi connectivity index (χ0n) is 9.45. The molecule has 0 aliphatic rings. The minimum absolute atomic E-state index is 0.0146. The highest BCUT2D eigenvalue weighted by Gasteiger charge is 2.09. The first kappa shape index (κ1) is 14.3. The van der Waals surface area contributed by atoms with Crippen molar-refractivity contribution in [1.82, 2.24) is 10.2 Å². The Morgan fingerprint density at radius 3 is 2.67 bits per heavy atom. The van der Waals surface area contributed by atoms with Crippen molar-refractivity contribution in [3.05, 3.63) is 0 Å². The van der Waals surface area contributed by atoms with Gasteiger partial charge in [0, 0.05) is 19.7 Å². The number of hydrogen-bond donors (Lipinski definition) is 2. The molecule has 0 bridgehead atoms. The van der Waals surface area contributed by atoms with Crippen molar-refractivity contribution < 1.29 is 9.53 Å². The van der Waals surface area contributed by atoms with Crippen LogP contribution in [-0.2, 0) is 9.53 Å². The van der Waals surface area contributed by atoms with Gasteiger partial charge in [-0.1, -0.05) is 12.2 Å². The van der Waals surface area contributed by atoms with Crippen molar-refractivity contribution in [2.75, 3.05) is 33.9 Å². The van der Waals surface area contributed by atoms with E-state index in [4.69, 9.17) is 22.7 Å². The molecule has 0 fully saturated rings. The Balaban J connectivity index is 3.77. The number of carbonyl (C=O) groups excluding carboxylic acids is 1. The summed E-state index contributed by atoms with van der Waals surface area (Å²) in [5, 5.41) is 2.80. The third-order valence-corrected chi connectivity index (χ3v) is 1.79. The quantitative estimate of drug-likeness (QED) is 0.572. The Labute approximate surface area is 95.9 Å². The summed E-state index contributed by atoms with van der Waals surface area (Å²) in [6.45, 7) is 3.12. The first-order chi connectivity index (χ1) is 6.95. The van der Waals surface area contributed by atoms with E-state index in [0.29, 0.717) is 18.1 Å². The van der Waals surface area contributed by atoms with Crippen molar-refractivity contribution in [3.63, 3.8) is 0 Å². The largest absolute Gasteiger partial charge is 0.392 e. The van der Waals surface area contributed by atoms with Crippen molar-refractivity contribution in [1.29, 1.82) is 0 Å². The number of amides is 1. The standard InChI is InChI=1S/C9H19N3O2S/c1-7(6-14-3)11-9(13)5-12(2)4-8(10)15/h7H,4-6H2,1-3H3,(H2,10,15)(H,11,13). The highest BCUT2D eigenvalue weighted by atomic mass is 32.1. The number of nitrogens with one attached hydrogen (secondary N) is 1. The minimum Gasteiger partial charge on any atom is -0.392 e. The van der Waals surface area contributed by atoms with Gasteiger partial charge in [0.1, 0.15) is 0 Å². The molecule has 0 heterocycles. The zero-order chi connectivity index (χ0) is 11.8. The number of nitrogens with two attached hydrogens (primary N) is 1. The second-order valence-corrected chi connectivity index (χ2v) is 4.09. The van der Waals surface area contributed by atoms with Gasteiger partial charge in [0.2, 0.25) is 5.91 Å². The van der Waals surface area contributed by atoms with Crippen molar-refractivity contribution in [3.8, 4) is 0 Å². The van der Waals surface area contributed by atoms with Crippen LogP contribution in [0.3, 0.4) is 0 Å². The molecule has 0 aliphatic carbocycles. The molecule has 0 saturated heterocycles. The third-order valence-electron chi connectivity index (χ3n) is 1.66. The molecule has 0 aliphatic heterocycles. The van der Waals surface area contributed by atoms with Gasteiger partial charge in [-0.05, 0) is 14.0 Å². The van der Waals surface area contributed by atoms with Crippen LogP contribution in [-0.4, -0.2) is 55.7 Å². The van der Waals surface area contributed by atoms with Crippen LogP contribution in [0.25, 0.3) is 0 Å². The van der Waals surface area contributed by atoms with E-state index < -0.39 is 0 Å². The van der Waals surface area contributed by atoms with Gasteiger partial charge in [0.25, 0.3) is 0 Å². The van der Waals surface area contributed by atoms with E-state index in [0.717, 1.165) is 0 Å². The average molecular weight is 233 g/mol. The van der Waals surface area contributed by atoms with E-state index in [1.54, 1.807) is 19.1 Å². The van der Waals surface area contributed by atoms with E-state index in [1.807, 2.05) is 6.92 Å². The molecule has 3 N–H and O–H groups in total. The zero-order valence-corrected chi connectivity index (χ0v) is 10.3. The topological polar surface area (TPSA) is 67.6 Å². The van der Waals surface area contributed by atoms with Crippen LogP contribution in [0, 0.1) is 0 Å². The molecule has 0 aromatic carbocycles. The number of methoxy groups -OCH3 is 1. The molecular weight excluding hydrogens is 214 g/mol. The average Bonchev–Trinajstić information content (AvgIpc) is 2.00. The molecule has 88 valence electrons. The summed E-state index contributed by atoms with van der Waals surface area (Å²) in [4.78, 5) is 13.6. The predicted octanol–water partition coefficient (Wildman–Crippen LogP) is -0.645. The number of thiocarbonyl (C=S) groups is 1. The number of nitrogens with zero attached hydrogens (tertiary/aromatic N) is 1. The van der Waals surface area contributed by atoms with Gasteiger partial charge in [-0.25, -0.2) is 0 Å². The maximum Gasteiger partial charge on any atom is 0.234 e. The molecule has 0 aromatic heterocycles. The summed E-state index contributed by atoms with van der Waals surface area (Å²) in [6, 6.07) is 0.0146. The Hall–Kier alpha value is -0.720. The minimum atomic E-state index is -0.0571. The normalized spacial score (nSPS) is 12.5. The first-order valence-electron chi connectivity index (χ1n) is 4.70. The Morgan fingerprint density at radius 1 is 1.60 bits per heavy atom. The highest BCUT2D eigenvalue weighted by molar-refractivity contribution is 7.80. The second-order valence-electron chi connectivity index (χ2n) is 3.56. The lowest BCUT2D eigenvalue weighted by Crippen LogP contribution is -2.43. The lowest BCUT2D eigenvalue weighted by molar-refractivity contribution is -0.122. The van der Waals surface area contributed by atoms with Gasteiger partial charge in [-0.15, -0.1) is 0 Å². The maximum atomic E-state index is 11.4. The summed E-state index contributed by atoms with van der Waals surface area (Å²) < 4.78 is 4.90. The molecule has 6 heteroatoms.